The van der Waals surface area contributed by atoms with E-state index in [9.17, 15) is 0 Å². The molecule has 0 N–H and O–H groups in total. The number of rotatable bonds is 4. The average Bonchev–Trinajstić information content (AvgIpc) is 2.56. The molecule has 2 aliphatic rings. The Kier molecular flexibility index (Phi) is 10.7. The zero-order valence-corrected chi connectivity index (χ0v) is 16.6. The number of aliphatic imine (C=N–C) groups is 2. The van der Waals surface area contributed by atoms with Crippen molar-refractivity contribution in [3.63, 3.8) is 0 Å². The SMILES string of the molecule is C[C@H](N=C=S)[C@@H]1CN(C)CCO1.C[C@H](N=C=S)[C@H]1CN(C)CCO1. The van der Waals surface area contributed by atoms with Gasteiger partial charge >= 0.3 is 0 Å². The van der Waals surface area contributed by atoms with Crippen LogP contribution in [0.2, 0.25) is 0 Å². The summed E-state index contributed by atoms with van der Waals surface area (Å²) in [6.45, 7) is 9.46. The molecule has 0 amide bonds. The smallest absolute Gasteiger partial charge is 0.0930 e. The summed E-state index contributed by atoms with van der Waals surface area (Å²) < 4.78 is 11.1. The number of hydrogen-bond donors (Lipinski definition) is 0. The van der Waals surface area contributed by atoms with E-state index in [4.69, 9.17) is 9.47 Å². The van der Waals surface area contributed by atoms with Crippen LogP contribution in [-0.2, 0) is 9.47 Å². The van der Waals surface area contributed by atoms with E-state index in [1.165, 1.54) is 0 Å². The van der Waals surface area contributed by atoms with Crippen molar-refractivity contribution in [3.8, 4) is 0 Å². The number of ether oxygens (including phenoxy) is 2. The molecule has 2 rings (SSSR count). The van der Waals surface area contributed by atoms with Crippen molar-refractivity contribution in [2.75, 3.05) is 53.5 Å². The molecule has 0 aromatic rings. The summed E-state index contributed by atoms with van der Waals surface area (Å²) >= 11 is 9.08. The fraction of sp³-hybridized carbons (Fsp3) is 0.875. The molecular weight excluding hydrogens is 344 g/mol. The number of likely N-dealkylation sites (N-methyl/N-ethyl adjacent to an activating group) is 2. The fourth-order valence-electron chi connectivity index (χ4n) is 2.54. The standard InChI is InChI=1S/2C8H14N2OS/c2*1-7(9-6-12)8-5-10(2)3-4-11-8/h2*7-8H,3-5H2,1-2H3/t7-,8+;7-,8-/m00/s1. The first-order valence-electron chi connectivity index (χ1n) is 8.22. The van der Waals surface area contributed by atoms with E-state index in [0.29, 0.717) is 0 Å². The molecular formula is C16H28N4O2S2. The Balaban J connectivity index is 0.000000240. The lowest BCUT2D eigenvalue weighted by atomic mass is 10.1. The topological polar surface area (TPSA) is 49.7 Å². The lowest BCUT2D eigenvalue weighted by Crippen LogP contribution is -2.44. The third-order valence-electron chi connectivity index (χ3n) is 4.18. The first-order chi connectivity index (χ1) is 11.5. The molecule has 0 bridgehead atoms. The third-order valence-corrected chi connectivity index (χ3v) is 4.39. The molecule has 2 aliphatic heterocycles. The minimum absolute atomic E-state index is 0.130. The van der Waals surface area contributed by atoms with Crippen molar-refractivity contribution >= 4 is 34.8 Å². The lowest BCUT2D eigenvalue weighted by molar-refractivity contribution is -0.0286. The van der Waals surface area contributed by atoms with E-state index in [1.54, 1.807) is 0 Å². The minimum Gasteiger partial charge on any atom is -0.373 e. The van der Waals surface area contributed by atoms with Gasteiger partial charge < -0.3 is 19.3 Å². The number of hydrogen-bond acceptors (Lipinski definition) is 8. The summed E-state index contributed by atoms with van der Waals surface area (Å²) in [4.78, 5) is 12.5. The zero-order valence-electron chi connectivity index (χ0n) is 15.0. The highest BCUT2D eigenvalue weighted by molar-refractivity contribution is 7.78. The maximum absolute atomic E-state index is 5.54. The normalized spacial score (nSPS) is 27.7. The fourth-order valence-corrected chi connectivity index (χ4v) is 2.87. The molecule has 136 valence electrons. The molecule has 0 aliphatic carbocycles. The highest BCUT2D eigenvalue weighted by Gasteiger charge is 2.23. The van der Waals surface area contributed by atoms with Crippen LogP contribution in [0.3, 0.4) is 0 Å². The van der Waals surface area contributed by atoms with Gasteiger partial charge in [-0.1, -0.05) is 0 Å². The Morgan fingerprint density at radius 1 is 0.875 bits per heavy atom. The van der Waals surface area contributed by atoms with Crippen molar-refractivity contribution in [2.24, 2.45) is 9.98 Å². The molecule has 0 radical (unpaired) electrons. The predicted molar refractivity (Wildman–Crippen MR) is 103 cm³/mol. The van der Waals surface area contributed by atoms with E-state index < -0.39 is 0 Å². The summed E-state index contributed by atoms with van der Waals surface area (Å²) in [6, 6.07) is 0.260. The first kappa shape index (κ1) is 21.5. The average molecular weight is 373 g/mol. The predicted octanol–water partition coefficient (Wildman–Crippen LogP) is 1.62. The first-order valence-corrected chi connectivity index (χ1v) is 9.03. The summed E-state index contributed by atoms with van der Waals surface area (Å²) in [5, 5.41) is 4.78. The van der Waals surface area contributed by atoms with Crippen LogP contribution in [0.1, 0.15) is 13.8 Å². The molecule has 4 atom stereocenters. The van der Waals surface area contributed by atoms with Crippen LogP contribution in [0.15, 0.2) is 9.98 Å². The van der Waals surface area contributed by atoms with Crippen LogP contribution in [-0.4, -0.2) is 97.9 Å². The van der Waals surface area contributed by atoms with Gasteiger partial charge in [-0.05, 0) is 52.4 Å². The molecule has 8 heteroatoms. The van der Waals surface area contributed by atoms with Gasteiger partial charge in [-0.2, -0.15) is 0 Å². The third kappa shape index (κ3) is 8.01. The Hall–Kier alpha value is -0.560. The van der Waals surface area contributed by atoms with E-state index in [0.717, 1.165) is 39.4 Å². The number of thiocarbonyl (C=S) groups is 2. The summed E-state index contributed by atoms with van der Waals surface area (Å²) in [5.41, 5.74) is 0. The van der Waals surface area contributed by atoms with Gasteiger partial charge in [-0.25, -0.2) is 9.98 Å². The number of nitrogens with zero attached hydrogens (tertiary/aromatic N) is 4. The van der Waals surface area contributed by atoms with E-state index in [-0.39, 0.29) is 24.3 Å². The van der Waals surface area contributed by atoms with Crippen LogP contribution in [0.25, 0.3) is 0 Å². The molecule has 2 fully saturated rings. The summed E-state index contributed by atoms with van der Waals surface area (Å²) in [5.74, 6) is 0. The van der Waals surface area contributed by atoms with E-state index in [2.05, 4.69) is 68.6 Å². The van der Waals surface area contributed by atoms with Crippen molar-refractivity contribution < 1.29 is 9.47 Å². The van der Waals surface area contributed by atoms with Crippen molar-refractivity contribution in [2.45, 2.75) is 38.1 Å². The zero-order chi connectivity index (χ0) is 17.9. The molecule has 0 aromatic heterocycles. The van der Waals surface area contributed by atoms with E-state index in [1.807, 2.05) is 13.8 Å². The van der Waals surface area contributed by atoms with Crippen molar-refractivity contribution in [3.05, 3.63) is 0 Å². The van der Waals surface area contributed by atoms with Gasteiger partial charge in [0.05, 0.1) is 47.8 Å². The van der Waals surface area contributed by atoms with Crippen molar-refractivity contribution in [1.29, 1.82) is 0 Å². The van der Waals surface area contributed by atoms with Crippen molar-refractivity contribution in [1.82, 2.24) is 9.80 Å². The number of morpholine rings is 2. The van der Waals surface area contributed by atoms with Gasteiger partial charge in [0.1, 0.15) is 0 Å². The minimum atomic E-state index is 0.130. The molecule has 2 heterocycles. The second-order valence-corrected chi connectivity index (χ2v) is 6.63. The maximum Gasteiger partial charge on any atom is 0.0930 e. The van der Waals surface area contributed by atoms with Gasteiger partial charge in [0.2, 0.25) is 0 Å². The molecule has 0 unspecified atom stereocenters. The van der Waals surface area contributed by atoms with Gasteiger partial charge in [-0.15, -0.1) is 0 Å². The van der Waals surface area contributed by atoms with Gasteiger partial charge in [0.25, 0.3) is 0 Å². The quantitative estimate of drug-likeness (QED) is 0.552. The van der Waals surface area contributed by atoms with Gasteiger partial charge in [0.15, 0.2) is 0 Å². The molecule has 0 spiro atoms. The second-order valence-electron chi connectivity index (χ2n) is 6.26. The van der Waals surface area contributed by atoms with Crippen LogP contribution >= 0.6 is 24.4 Å². The van der Waals surface area contributed by atoms with Gasteiger partial charge in [-0.3, -0.25) is 0 Å². The molecule has 6 nitrogen and oxygen atoms in total. The Labute approximate surface area is 155 Å². The monoisotopic (exact) mass is 372 g/mol. The largest absolute Gasteiger partial charge is 0.373 e. The van der Waals surface area contributed by atoms with Crippen LogP contribution in [0, 0.1) is 0 Å². The van der Waals surface area contributed by atoms with Crippen LogP contribution in [0.4, 0.5) is 0 Å². The van der Waals surface area contributed by atoms with Gasteiger partial charge in [0, 0.05) is 26.2 Å². The second kappa shape index (κ2) is 11.9. The number of isothiocyanates is 2. The Bertz CT molecular complexity index is 425. The molecule has 0 saturated carbocycles. The van der Waals surface area contributed by atoms with Crippen LogP contribution < -0.4 is 0 Å². The highest BCUT2D eigenvalue weighted by atomic mass is 32.1. The van der Waals surface area contributed by atoms with E-state index >= 15 is 0 Å². The lowest BCUT2D eigenvalue weighted by Gasteiger charge is -2.31. The Morgan fingerprint density at radius 2 is 1.25 bits per heavy atom. The maximum atomic E-state index is 5.54. The molecule has 0 aromatic carbocycles. The summed E-state index contributed by atoms with van der Waals surface area (Å²) in [6.07, 6.45) is 0.360. The molecule has 2 saturated heterocycles. The molecule has 24 heavy (non-hydrogen) atoms. The summed E-state index contributed by atoms with van der Waals surface area (Å²) in [7, 11) is 4.17. The highest BCUT2D eigenvalue weighted by Crippen LogP contribution is 2.10. The van der Waals surface area contributed by atoms with Crippen LogP contribution in [0.5, 0.6) is 0 Å². The Morgan fingerprint density at radius 3 is 1.54 bits per heavy atom.